The first-order valence-electron chi connectivity index (χ1n) is 4.95. The maximum atomic E-state index is 12.9. The molecule has 1 aliphatic carbocycles. The molecule has 1 heterocycles. The number of hydrogen-bond donors (Lipinski definition) is 1. The Hall–Kier alpha value is -1.29. The number of halogens is 1. The second-order valence-electron chi connectivity index (χ2n) is 3.96. The van der Waals surface area contributed by atoms with Crippen molar-refractivity contribution in [1.29, 1.82) is 0 Å². The van der Waals surface area contributed by atoms with E-state index in [9.17, 15) is 14.3 Å². The van der Waals surface area contributed by atoms with E-state index in [0.717, 1.165) is 6.20 Å². The first-order chi connectivity index (χ1) is 7.10. The van der Waals surface area contributed by atoms with Crippen LogP contribution in [0.4, 0.5) is 4.39 Å². The van der Waals surface area contributed by atoms with Gasteiger partial charge in [0.15, 0.2) is 0 Å². The van der Waals surface area contributed by atoms with Crippen LogP contribution in [0.25, 0.3) is 0 Å². The molecule has 0 aliphatic heterocycles. The van der Waals surface area contributed by atoms with Crippen LogP contribution < -0.4 is 0 Å². The fraction of sp³-hybridized carbons (Fsp3) is 0.455. The molecular weight excluding hydrogens is 197 g/mol. The summed E-state index contributed by atoms with van der Waals surface area (Å²) in [6, 6.07) is 1.28. The topological polar surface area (TPSA) is 50.2 Å². The fourth-order valence-electron chi connectivity index (χ4n) is 1.90. The van der Waals surface area contributed by atoms with E-state index in [1.165, 1.54) is 12.3 Å². The summed E-state index contributed by atoms with van der Waals surface area (Å²) in [7, 11) is 0. The molecule has 0 unspecified atom stereocenters. The van der Waals surface area contributed by atoms with Crippen LogP contribution in [-0.2, 0) is 10.4 Å². The van der Waals surface area contributed by atoms with Crippen LogP contribution in [0.1, 0.15) is 31.2 Å². The second-order valence-corrected chi connectivity index (χ2v) is 3.96. The number of aromatic nitrogens is 1. The van der Waals surface area contributed by atoms with Crippen LogP contribution in [0.2, 0.25) is 0 Å². The summed E-state index contributed by atoms with van der Waals surface area (Å²) >= 11 is 0. The average molecular weight is 209 g/mol. The molecule has 1 aliphatic rings. The van der Waals surface area contributed by atoms with E-state index in [1.54, 1.807) is 0 Å². The van der Waals surface area contributed by atoms with E-state index in [0.29, 0.717) is 31.2 Å². The molecule has 1 aromatic rings. The van der Waals surface area contributed by atoms with Crippen LogP contribution in [0, 0.1) is 5.82 Å². The highest BCUT2D eigenvalue weighted by molar-refractivity contribution is 5.79. The van der Waals surface area contributed by atoms with Crippen molar-refractivity contribution in [3.05, 3.63) is 29.8 Å². The van der Waals surface area contributed by atoms with Gasteiger partial charge in [0.1, 0.15) is 11.6 Å². The Bertz CT molecular complexity index is 382. The summed E-state index contributed by atoms with van der Waals surface area (Å²) in [5.74, 6) is -0.304. The maximum absolute atomic E-state index is 12.9. The molecule has 0 saturated heterocycles. The van der Waals surface area contributed by atoms with E-state index in [4.69, 9.17) is 0 Å². The number of carbonyl (C=O) groups is 1. The predicted octanol–water partition coefficient (Wildman–Crippen LogP) is 1.55. The minimum absolute atomic E-state index is 0.157. The van der Waals surface area contributed by atoms with Crippen LogP contribution in [0.3, 0.4) is 0 Å². The van der Waals surface area contributed by atoms with Gasteiger partial charge in [0.05, 0.1) is 11.8 Å². The number of pyridine rings is 1. The lowest BCUT2D eigenvalue weighted by molar-refractivity contribution is -0.125. The zero-order valence-electron chi connectivity index (χ0n) is 8.24. The minimum atomic E-state index is -1.08. The summed E-state index contributed by atoms with van der Waals surface area (Å²) in [6.45, 7) is 0. The standard InChI is InChI=1S/C11H12FNO2/c12-9-5-8(6-13-7-9)11(15)3-1-10(14)2-4-11/h5-7,15H,1-4H2. The van der Waals surface area contributed by atoms with Crippen molar-refractivity contribution in [2.45, 2.75) is 31.3 Å². The molecule has 0 spiro atoms. The first-order valence-corrected chi connectivity index (χ1v) is 4.95. The number of hydrogen-bond acceptors (Lipinski definition) is 3. The minimum Gasteiger partial charge on any atom is -0.385 e. The SMILES string of the molecule is O=C1CCC(O)(c2cncc(F)c2)CC1. The van der Waals surface area contributed by atoms with Gasteiger partial charge in [-0.3, -0.25) is 9.78 Å². The van der Waals surface area contributed by atoms with Crippen molar-refractivity contribution in [2.75, 3.05) is 0 Å². The summed E-state index contributed by atoms with van der Waals surface area (Å²) < 4.78 is 12.9. The van der Waals surface area contributed by atoms with Crippen molar-refractivity contribution in [3.8, 4) is 0 Å². The molecule has 1 N–H and O–H groups in total. The van der Waals surface area contributed by atoms with Gasteiger partial charge in [0.25, 0.3) is 0 Å². The highest BCUT2D eigenvalue weighted by Crippen LogP contribution is 2.35. The van der Waals surface area contributed by atoms with E-state index in [2.05, 4.69) is 4.98 Å². The van der Waals surface area contributed by atoms with Crippen LogP contribution in [0.5, 0.6) is 0 Å². The lowest BCUT2D eigenvalue weighted by atomic mass is 9.80. The number of nitrogens with zero attached hydrogens (tertiary/aromatic N) is 1. The Balaban J connectivity index is 2.25. The van der Waals surface area contributed by atoms with Gasteiger partial charge >= 0.3 is 0 Å². The maximum Gasteiger partial charge on any atom is 0.141 e. The van der Waals surface area contributed by atoms with Crippen molar-refractivity contribution in [1.82, 2.24) is 4.98 Å². The van der Waals surface area contributed by atoms with Gasteiger partial charge in [-0.15, -0.1) is 0 Å². The van der Waals surface area contributed by atoms with E-state index in [1.807, 2.05) is 0 Å². The van der Waals surface area contributed by atoms with Gasteiger partial charge in [-0.1, -0.05) is 0 Å². The molecule has 1 saturated carbocycles. The fourth-order valence-corrected chi connectivity index (χ4v) is 1.90. The van der Waals surface area contributed by atoms with Crippen LogP contribution in [-0.4, -0.2) is 15.9 Å². The van der Waals surface area contributed by atoms with Gasteiger partial charge in [-0.25, -0.2) is 4.39 Å². The molecular formula is C11H12FNO2. The molecule has 0 aromatic carbocycles. The molecule has 0 radical (unpaired) electrons. The molecule has 0 atom stereocenters. The number of ketones is 1. The van der Waals surface area contributed by atoms with Crippen molar-refractivity contribution in [3.63, 3.8) is 0 Å². The molecule has 0 bridgehead atoms. The van der Waals surface area contributed by atoms with E-state index < -0.39 is 11.4 Å². The quantitative estimate of drug-likeness (QED) is 0.763. The summed E-state index contributed by atoms with van der Waals surface area (Å²) in [6.07, 6.45) is 3.98. The molecule has 1 fully saturated rings. The smallest absolute Gasteiger partial charge is 0.141 e. The Morgan fingerprint density at radius 1 is 1.33 bits per heavy atom. The van der Waals surface area contributed by atoms with Gasteiger partial charge in [-0.05, 0) is 18.9 Å². The molecule has 2 rings (SSSR count). The van der Waals surface area contributed by atoms with Gasteiger partial charge < -0.3 is 5.11 Å². The number of Topliss-reactive ketones (excluding diaryl/α,β-unsaturated/α-hetero) is 1. The summed E-state index contributed by atoms with van der Waals surface area (Å²) in [4.78, 5) is 14.8. The van der Waals surface area contributed by atoms with Crippen molar-refractivity contribution >= 4 is 5.78 Å². The van der Waals surface area contributed by atoms with Crippen molar-refractivity contribution < 1.29 is 14.3 Å². The first kappa shape index (κ1) is 10.2. The molecule has 0 amide bonds. The third-order valence-corrected chi connectivity index (χ3v) is 2.88. The lowest BCUT2D eigenvalue weighted by Crippen LogP contribution is -2.31. The highest BCUT2D eigenvalue weighted by atomic mass is 19.1. The molecule has 80 valence electrons. The number of carbonyl (C=O) groups excluding carboxylic acids is 1. The van der Waals surface area contributed by atoms with E-state index in [-0.39, 0.29) is 5.78 Å². The Morgan fingerprint density at radius 2 is 2.00 bits per heavy atom. The molecule has 1 aromatic heterocycles. The predicted molar refractivity (Wildman–Crippen MR) is 51.6 cm³/mol. The summed E-state index contributed by atoms with van der Waals surface area (Å²) in [5.41, 5.74) is -0.613. The molecule has 3 nitrogen and oxygen atoms in total. The van der Waals surface area contributed by atoms with Gasteiger partial charge in [0, 0.05) is 24.6 Å². The van der Waals surface area contributed by atoms with Crippen molar-refractivity contribution in [2.24, 2.45) is 0 Å². The normalized spacial score (nSPS) is 20.3. The van der Waals surface area contributed by atoms with E-state index >= 15 is 0 Å². The Labute approximate surface area is 87.0 Å². The summed E-state index contributed by atoms with van der Waals surface area (Å²) in [5, 5.41) is 10.2. The zero-order chi connectivity index (χ0) is 10.9. The Morgan fingerprint density at radius 3 is 2.60 bits per heavy atom. The lowest BCUT2D eigenvalue weighted by Gasteiger charge is -2.31. The monoisotopic (exact) mass is 209 g/mol. The Kier molecular flexibility index (Phi) is 2.52. The second kappa shape index (κ2) is 3.70. The molecule has 4 heteroatoms. The van der Waals surface area contributed by atoms with Crippen LogP contribution in [0.15, 0.2) is 18.5 Å². The zero-order valence-corrected chi connectivity index (χ0v) is 8.24. The molecule has 15 heavy (non-hydrogen) atoms. The number of rotatable bonds is 1. The van der Waals surface area contributed by atoms with Gasteiger partial charge in [0.2, 0.25) is 0 Å². The highest BCUT2D eigenvalue weighted by Gasteiger charge is 2.34. The van der Waals surface area contributed by atoms with Gasteiger partial charge in [-0.2, -0.15) is 0 Å². The third-order valence-electron chi connectivity index (χ3n) is 2.88. The largest absolute Gasteiger partial charge is 0.385 e. The average Bonchev–Trinajstić information content (AvgIpc) is 2.23. The van der Waals surface area contributed by atoms with Crippen LogP contribution >= 0.6 is 0 Å². The third kappa shape index (κ3) is 2.04. The number of aliphatic hydroxyl groups is 1.